The van der Waals surface area contributed by atoms with Crippen LogP contribution in [0.15, 0.2) is 63.7 Å². The van der Waals surface area contributed by atoms with Crippen molar-refractivity contribution >= 4 is 0 Å². The van der Waals surface area contributed by atoms with Gasteiger partial charge in [-0.15, -0.1) is 0 Å². The standard InChI is InChI=1S/C24H29N3O2/c1-22(2,3)18-14-24(23(4,5)6)17-13-12-16(17)19(18)26-20(28)25(21(29)27(24)26)15-10-8-7-9-11-15/h7-14,16-17,19H,1-6H3/t16-,17+,19-,24-/m0/s1. The highest BCUT2D eigenvalue weighted by Crippen LogP contribution is 2.63. The predicted molar refractivity (Wildman–Crippen MR) is 114 cm³/mol. The van der Waals surface area contributed by atoms with E-state index in [4.69, 9.17) is 0 Å². The summed E-state index contributed by atoms with van der Waals surface area (Å²) in [6.07, 6.45) is 6.80. The molecule has 5 heteroatoms. The van der Waals surface area contributed by atoms with Crippen LogP contribution in [0.1, 0.15) is 47.6 Å². The fourth-order valence-corrected chi connectivity index (χ4v) is 5.74. The molecule has 0 amide bonds. The molecule has 4 atom stereocenters. The Morgan fingerprint density at radius 3 is 2.07 bits per heavy atom. The van der Waals surface area contributed by atoms with Gasteiger partial charge in [0, 0.05) is 11.8 Å². The van der Waals surface area contributed by atoms with Gasteiger partial charge >= 0.3 is 11.4 Å². The molecule has 0 fully saturated rings. The maximum absolute atomic E-state index is 13.8. The summed E-state index contributed by atoms with van der Waals surface area (Å²) in [6, 6.07) is 9.16. The van der Waals surface area contributed by atoms with Crippen molar-refractivity contribution in [2.75, 3.05) is 0 Å². The normalized spacial score (nSPS) is 29.9. The fraction of sp³-hybridized carbons (Fsp3) is 0.500. The molecule has 3 heterocycles. The minimum absolute atomic E-state index is 0.0921. The first kappa shape index (κ1) is 18.5. The number of allylic oxidation sites excluding steroid dienone is 4. The lowest BCUT2D eigenvalue weighted by Crippen LogP contribution is -2.67. The number of para-hydroxylation sites is 1. The average Bonchev–Trinajstić information content (AvgIpc) is 2.86. The van der Waals surface area contributed by atoms with Crippen molar-refractivity contribution in [3.8, 4) is 5.69 Å². The summed E-state index contributed by atoms with van der Waals surface area (Å²) in [7, 11) is 0. The molecule has 2 aliphatic carbocycles. The molecule has 5 nitrogen and oxygen atoms in total. The highest BCUT2D eigenvalue weighted by atomic mass is 16.2. The van der Waals surface area contributed by atoms with Crippen molar-refractivity contribution < 1.29 is 0 Å². The summed E-state index contributed by atoms with van der Waals surface area (Å²) >= 11 is 0. The highest BCUT2D eigenvalue weighted by molar-refractivity contribution is 5.42. The van der Waals surface area contributed by atoms with Crippen LogP contribution in [0.3, 0.4) is 0 Å². The third-order valence-electron chi connectivity index (χ3n) is 7.19. The Morgan fingerprint density at radius 2 is 1.55 bits per heavy atom. The van der Waals surface area contributed by atoms with Crippen LogP contribution in [0.4, 0.5) is 0 Å². The van der Waals surface area contributed by atoms with E-state index in [1.807, 2.05) is 30.3 Å². The summed E-state index contributed by atoms with van der Waals surface area (Å²) in [6.45, 7) is 13.2. The van der Waals surface area contributed by atoms with E-state index in [1.165, 1.54) is 10.1 Å². The first-order chi connectivity index (χ1) is 13.5. The van der Waals surface area contributed by atoms with Crippen molar-refractivity contribution in [1.82, 2.24) is 13.9 Å². The van der Waals surface area contributed by atoms with Crippen molar-refractivity contribution in [2.24, 2.45) is 22.7 Å². The Labute approximate surface area is 171 Å². The number of hydrogen-bond acceptors (Lipinski definition) is 2. The maximum Gasteiger partial charge on any atom is 0.352 e. The van der Waals surface area contributed by atoms with E-state index in [-0.39, 0.29) is 40.1 Å². The van der Waals surface area contributed by atoms with Gasteiger partial charge in [0.25, 0.3) is 0 Å². The van der Waals surface area contributed by atoms with Gasteiger partial charge in [-0.25, -0.2) is 23.5 Å². The van der Waals surface area contributed by atoms with Gasteiger partial charge in [-0.1, -0.05) is 78.0 Å². The van der Waals surface area contributed by atoms with Gasteiger partial charge in [0.1, 0.15) is 0 Å². The van der Waals surface area contributed by atoms with Gasteiger partial charge in [0.15, 0.2) is 0 Å². The molecule has 0 saturated carbocycles. The largest absolute Gasteiger partial charge is 0.352 e. The molecule has 2 bridgehead atoms. The van der Waals surface area contributed by atoms with Gasteiger partial charge in [0.05, 0.1) is 17.3 Å². The third-order valence-corrected chi connectivity index (χ3v) is 7.19. The number of nitrogens with zero attached hydrogens (tertiary/aromatic N) is 3. The van der Waals surface area contributed by atoms with Gasteiger partial charge in [-0.05, 0) is 28.5 Å². The van der Waals surface area contributed by atoms with Crippen molar-refractivity contribution in [1.29, 1.82) is 0 Å². The first-order valence-corrected chi connectivity index (χ1v) is 10.4. The van der Waals surface area contributed by atoms with Crippen LogP contribution < -0.4 is 11.4 Å². The quantitative estimate of drug-likeness (QED) is 0.693. The summed E-state index contributed by atoms with van der Waals surface area (Å²) in [5, 5.41) is 0. The number of benzene rings is 1. The number of hydrogen-bond donors (Lipinski definition) is 0. The second kappa shape index (κ2) is 5.32. The van der Waals surface area contributed by atoms with E-state index in [1.54, 1.807) is 9.36 Å². The molecule has 152 valence electrons. The van der Waals surface area contributed by atoms with Crippen LogP contribution in [0.2, 0.25) is 0 Å². The fourth-order valence-electron chi connectivity index (χ4n) is 5.74. The van der Waals surface area contributed by atoms with Crippen LogP contribution in [0.25, 0.3) is 5.69 Å². The molecule has 0 spiro atoms. The van der Waals surface area contributed by atoms with E-state index < -0.39 is 5.54 Å². The Kier molecular flexibility index (Phi) is 3.39. The summed E-state index contributed by atoms with van der Waals surface area (Å²) < 4.78 is 4.90. The lowest BCUT2D eigenvalue weighted by molar-refractivity contribution is -0.0372. The summed E-state index contributed by atoms with van der Waals surface area (Å²) in [4.78, 5) is 27.5. The zero-order valence-electron chi connectivity index (χ0n) is 18.0. The van der Waals surface area contributed by atoms with Crippen LogP contribution in [0, 0.1) is 22.7 Å². The Bertz CT molecular complexity index is 1180. The van der Waals surface area contributed by atoms with E-state index >= 15 is 0 Å². The molecular formula is C24H29N3O2. The summed E-state index contributed by atoms with van der Waals surface area (Å²) in [5.74, 6) is 0.472. The lowest BCUT2D eigenvalue weighted by atomic mass is 9.50. The summed E-state index contributed by atoms with van der Waals surface area (Å²) in [5.41, 5.74) is 0.482. The van der Waals surface area contributed by atoms with Gasteiger partial charge in [0.2, 0.25) is 0 Å². The second-order valence-corrected chi connectivity index (χ2v) is 10.8. The van der Waals surface area contributed by atoms with Crippen molar-refractivity contribution in [3.05, 3.63) is 75.1 Å². The molecule has 2 aromatic rings. The molecule has 1 aromatic carbocycles. The number of rotatable bonds is 1. The molecule has 29 heavy (non-hydrogen) atoms. The molecule has 1 aromatic heterocycles. The number of aromatic nitrogens is 3. The van der Waals surface area contributed by atoms with E-state index in [2.05, 4.69) is 59.8 Å². The van der Waals surface area contributed by atoms with Gasteiger partial charge < -0.3 is 0 Å². The lowest BCUT2D eigenvalue weighted by Gasteiger charge is -2.63. The van der Waals surface area contributed by atoms with Crippen LogP contribution in [-0.2, 0) is 5.54 Å². The molecule has 0 saturated heterocycles. The van der Waals surface area contributed by atoms with Gasteiger partial charge in [-0.3, -0.25) is 0 Å². The van der Waals surface area contributed by atoms with E-state index in [0.717, 1.165) is 0 Å². The minimum atomic E-state index is -0.569. The zero-order valence-corrected chi connectivity index (χ0v) is 18.0. The third kappa shape index (κ3) is 2.06. The molecule has 6 rings (SSSR count). The van der Waals surface area contributed by atoms with Gasteiger partial charge in [-0.2, -0.15) is 0 Å². The zero-order chi connectivity index (χ0) is 20.9. The predicted octanol–water partition coefficient (Wildman–Crippen LogP) is 3.89. The van der Waals surface area contributed by atoms with Crippen LogP contribution in [0.5, 0.6) is 0 Å². The van der Waals surface area contributed by atoms with E-state index in [0.29, 0.717) is 5.69 Å². The molecule has 0 N–H and O–H groups in total. The van der Waals surface area contributed by atoms with Crippen molar-refractivity contribution in [2.45, 2.75) is 53.1 Å². The smallest absolute Gasteiger partial charge is 0.245 e. The molecule has 4 aliphatic rings. The topological polar surface area (TPSA) is 48.9 Å². The maximum atomic E-state index is 13.8. The Balaban J connectivity index is 1.92. The Morgan fingerprint density at radius 1 is 0.897 bits per heavy atom. The minimum Gasteiger partial charge on any atom is -0.245 e. The molecule has 2 aliphatic heterocycles. The average molecular weight is 392 g/mol. The second-order valence-electron chi connectivity index (χ2n) is 10.8. The monoisotopic (exact) mass is 391 g/mol. The highest BCUT2D eigenvalue weighted by Gasteiger charge is 2.64. The SMILES string of the molecule is CC(C)(C)C1=C[C@@]2(C(C)(C)C)[C@@H]3C=C[C@@H]3[C@@H]1n1c(=O)n(-c3ccccc3)c(=O)n12. The molecule has 0 unspecified atom stereocenters. The molecular weight excluding hydrogens is 362 g/mol. The van der Waals surface area contributed by atoms with E-state index in [9.17, 15) is 9.59 Å². The van der Waals surface area contributed by atoms with Crippen molar-refractivity contribution in [3.63, 3.8) is 0 Å². The Hall–Kier alpha value is -2.56. The van der Waals surface area contributed by atoms with Crippen LogP contribution >= 0.6 is 0 Å². The van der Waals surface area contributed by atoms with Crippen LogP contribution in [-0.4, -0.2) is 13.9 Å². The first-order valence-electron chi connectivity index (χ1n) is 10.4. The molecule has 0 radical (unpaired) electrons.